The summed E-state index contributed by atoms with van der Waals surface area (Å²) in [5, 5.41) is 0.514. The summed E-state index contributed by atoms with van der Waals surface area (Å²) in [4.78, 5) is 17.7. The molecule has 0 fully saturated rings. The molecule has 4 aromatic rings. The van der Waals surface area contributed by atoms with E-state index in [2.05, 4.69) is 4.98 Å². The Hall–Kier alpha value is -2.98. The summed E-state index contributed by atoms with van der Waals surface area (Å²) in [5.41, 5.74) is 2.44. The van der Waals surface area contributed by atoms with E-state index in [4.69, 9.17) is 11.6 Å². The van der Waals surface area contributed by atoms with E-state index in [1.165, 1.54) is 16.7 Å². The van der Waals surface area contributed by atoms with E-state index in [1.54, 1.807) is 54.6 Å². The molecule has 0 aliphatic heterocycles. The van der Waals surface area contributed by atoms with Crippen molar-refractivity contribution in [2.75, 3.05) is 0 Å². The smallest absolute Gasteiger partial charge is 0.264 e. The maximum Gasteiger partial charge on any atom is 0.264 e. The second kappa shape index (κ2) is 6.15. The number of rotatable bonds is 2. The standard InChI is InChI=1S/C20H12ClFN2O/c21-15-8-11-17-18(12-15)24(20(25)14-4-2-1-3-5-14)19(23-17)13-6-9-16(22)10-7-13/h1-12H. The Balaban J connectivity index is 1.99. The summed E-state index contributed by atoms with van der Waals surface area (Å²) in [7, 11) is 0. The first kappa shape index (κ1) is 15.5. The van der Waals surface area contributed by atoms with Crippen molar-refractivity contribution in [3.8, 4) is 11.4 Å². The maximum absolute atomic E-state index is 13.3. The zero-order valence-electron chi connectivity index (χ0n) is 13.0. The van der Waals surface area contributed by atoms with Crippen LogP contribution in [0.1, 0.15) is 10.4 Å². The Morgan fingerprint density at radius 3 is 2.40 bits per heavy atom. The molecular weight excluding hydrogens is 339 g/mol. The fourth-order valence-corrected chi connectivity index (χ4v) is 2.92. The lowest BCUT2D eigenvalue weighted by molar-refractivity contribution is 0.0966. The minimum absolute atomic E-state index is 0.218. The van der Waals surface area contributed by atoms with Gasteiger partial charge in [-0.1, -0.05) is 29.8 Å². The number of carbonyl (C=O) groups is 1. The van der Waals surface area contributed by atoms with Crippen LogP contribution in [0.25, 0.3) is 22.4 Å². The molecule has 0 N–H and O–H groups in total. The minimum atomic E-state index is -0.344. The van der Waals surface area contributed by atoms with Gasteiger partial charge in [0, 0.05) is 16.1 Å². The van der Waals surface area contributed by atoms with Gasteiger partial charge in [0.15, 0.2) is 0 Å². The molecule has 4 rings (SSSR count). The van der Waals surface area contributed by atoms with Crippen LogP contribution in [-0.2, 0) is 0 Å². The van der Waals surface area contributed by atoms with Gasteiger partial charge in [-0.15, -0.1) is 0 Å². The third-order valence-electron chi connectivity index (χ3n) is 3.94. The quantitative estimate of drug-likeness (QED) is 0.499. The lowest BCUT2D eigenvalue weighted by Gasteiger charge is -2.08. The first-order chi connectivity index (χ1) is 12.1. The molecule has 0 radical (unpaired) electrons. The highest BCUT2D eigenvalue weighted by atomic mass is 35.5. The molecule has 0 bridgehead atoms. The maximum atomic E-state index is 13.3. The van der Waals surface area contributed by atoms with Crippen LogP contribution in [0.2, 0.25) is 5.02 Å². The number of nitrogens with zero attached hydrogens (tertiary/aromatic N) is 2. The molecule has 0 unspecified atom stereocenters. The second-order valence-electron chi connectivity index (χ2n) is 5.58. The fraction of sp³-hybridized carbons (Fsp3) is 0. The molecule has 122 valence electrons. The summed E-state index contributed by atoms with van der Waals surface area (Å²) in [6.07, 6.45) is 0. The van der Waals surface area contributed by atoms with E-state index in [1.807, 2.05) is 6.07 Å². The van der Waals surface area contributed by atoms with Gasteiger partial charge in [-0.05, 0) is 54.6 Å². The number of halogens is 2. The molecule has 5 heteroatoms. The van der Waals surface area contributed by atoms with Crippen molar-refractivity contribution in [2.24, 2.45) is 0 Å². The Labute approximate surface area is 148 Å². The fourth-order valence-electron chi connectivity index (χ4n) is 2.76. The van der Waals surface area contributed by atoms with Gasteiger partial charge in [-0.2, -0.15) is 0 Å². The van der Waals surface area contributed by atoms with Gasteiger partial charge in [-0.25, -0.2) is 9.37 Å². The van der Waals surface area contributed by atoms with Gasteiger partial charge in [0.25, 0.3) is 5.91 Å². The van der Waals surface area contributed by atoms with E-state index in [0.717, 1.165) is 0 Å². The molecular formula is C20H12ClFN2O. The monoisotopic (exact) mass is 350 g/mol. The second-order valence-corrected chi connectivity index (χ2v) is 6.02. The van der Waals surface area contributed by atoms with Crippen LogP contribution in [0.4, 0.5) is 4.39 Å². The van der Waals surface area contributed by atoms with Crippen LogP contribution in [0.3, 0.4) is 0 Å². The average Bonchev–Trinajstić information content (AvgIpc) is 3.01. The third-order valence-corrected chi connectivity index (χ3v) is 4.18. The van der Waals surface area contributed by atoms with Crippen molar-refractivity contribution >= 4 is 28.5 Å². The first-order valence-electron chi connectivity index (χ1n) is 7.67. The number of benzene rings is 3. The predicted octanol–water partition coefficient (Wildman–Crippen LogP) is 5.18. The van der Waals surface area contributed by atoms with Gasteiger partial charge < -0.3 is 0 Å². The van der Waals surface area contributed by atoms with E-state index in [9.17, 15) is 9.18 Å². The van der Waals surface area contributed by atoms with Crippen molar-refractivity contribution in [1.29, 1.82) is 0 Å². The SMILES string of the molecule is O=C(c1ccccc1)n1c(-c2ccc(F)cc2)nc2ccc(Cl)cc21. The van der Waals surface area contributed by atoms with Crippen molar-refractivity contribution in [3.05, 3.63) is 89.2 Å². The average molecular weight is 351 g/mol. The molecule has 0 aliphatic rings. The highest BCUT2D eigenvalue weighted by Gasteiger charge is 2.19. The molecule has 3 nitrogen and oxygen atoms in total. The topological polar surface area (TPSA) is 34.9 Å². The molecule has 1 heterocycles. The molecule has 0 aliphatic carbocycles. The van der Waals surface area contributed by atoms with Crippen molar-refractivity contribution in [3.63, 3.8) is 0 Å². The molecule has 25 heavy (non-hydrogen) atoms. The number of hydrogen-bond acceptors (Lipinski definition) is 2. The van der Waals surface area contributed by atoms with Crippen LogP contribution in [0, 0.1) is 5.82 Å². The van der Waals surface area contributed by atoms with E-state index < -0.39 is 0 Å². The van der Waals surface area contributed by atoms with Gasteiger partial charge in [0.2, 0.25) is 0 Å². The summed E-state index contributed by atoms with van der Waals surface area (Å²) in [6.45, 7) is 0. The summed E-state index contributed by atoms with van der Waals surface area (Å²) < 4.78 is 14.8. The van der Waals surface area contributed by atoms with Crippen LogP contribution in [0.5, 0.6) is 0 Å². The zero-order valence-corrected chi connectivity index (χ0v) is 13.7. The number of hydrogen-bond donors (Lipinski definition) is 0. The Morgan fingerprint density at radius 1 is 0.960 bits per heavy atom. The van der Waals surface area contributed by atoms with Gasteiger partial charge in [-0.3, -0.25) is 9.36 Å². The van der Waals surface area contributed by atoms with Gasteiger partial charge in [0.1, 0.15) is 11.6 Å². The summed E-state index contributed by atoms with van der Waals surface area (Å²) >= 11 is 6.12. The van der Waals surface area contributed by atoms with Crippen molar-refractivity contribution in [1.82, 2.24) is 9.55 Å². The van der Waals surface area contributed by atoms with Crippen LogP contribution in [-0.4, -0.2) is 15.5 Å². The molecule has 0 saturated carbocycles. The Bertz CT molecular complexity index is 1070. The highest BCUT2D eigenvalue weighted by molar-refractivity contribution is 6.31. The molecule has 0 spiro atoms. The Kier molecular flexibility index (Phi) is 3.82. The first-order valence-corrected chi connectivity index (χ1v) is 8.05. The van der Waals surface area contributed by atoms with E-state index >= 15 is 0 Å². The zero-order chi connectivity index (χ0) is 17.4. The molecule has 3 aromatic carbocycles. The Morgan fingerprint density at radius 2 is 1.68 bits per heavy atom. The van der Waals surface area contributed by atoms with E-state index in [0.29, 0.717) is 33.0 Å². The van der Waals surface area contributed by atoms with Crippen molar-refractivity contribution in [2.45, 2.75) is 0 Å². The number of fused-ring (bicyclic) bond motifs is 1. The molecule has 0 saturated heterocycles. The van der Waals surface area contributed by atoms with Gasteiger partial charge >= 0.3 is 0 Å². The van der Waals surface area contributed by atoms with Gasteiger partial charge in [0.05, 0.1) is 11.0 Å². The lowest BCUT2D eigenvalue weighted by atomic mass is 10.2. The highest BCUT2D eigenvalue weighted by Crippen LogP contribution is 2.28. The molecule has 0 atom stereocenters. The third kappa shape index (κ3) is 2.81. The number of imidazole rings is 1. The minimum Gasteiger partial charge on any atom is -0.268 e. The van der Waals surface area contributed by atoms with Crippen LogP contribution < -0.4 is 0 Å². The summed E-state index contributed by atoms with van der Waals surface area (Å²) in [5.74, 6) is -0.111. The number of aromatic nitrogens is 2. The van der Waals surface area contributed by atoms with E-state index in [-0.39, 0.29) is 11.7 Å². The summed E-state index contributed by atoms with van der Waals surface area (Å²) in [6, 6.07) is 20.0. The predicted molar refractivity (Wildman–Crippen MR) is 96.3 cm³/mol. The molecule has 0 amide bonds. The normalized spacial score (nSPS) is 11.0. The van der Waals surface area contributed by atoms with Crippen molar-refractivity contribution < 1.29 is 9.18 Å². The molecule has 1 aromatic heterocycles. The van der Waals surface area contributed by atoms with Crippen LogP contribution in [0.15, 0.2) is 72.8 Å². The number of carbonyl (C=O) groups excluding carboxylic acids is 1. The lowest BCUT2D eigenvalue weighted by Crippen LogP contribution is -2.13. The van der Waals surface area contributed by atoms with Crippen LogP contribution >= 0.6 is 11.6 Å². The largest absolute Gasteiger partial charge is 0.268 e.